The lowest BCUT2D eigenvalue weighted by Gasteiger charge is -2.09. The molecule has 1 aromatic heterocycles. The van der Waals surface area contributed by atoms with Crippen molar-refractivity contribution in [1.82, 2.24) is 9.55 Å². The molecule has 0 unspecified atom stereocenters. The molecular weight excluding hydrogens is 286 g/mol. The number of methoxy groups -OCH3 is 1. The van der Waals surface area contributed by atoms with Gasteiger partial charge in [0.05, 0.1) is 7.11 Å². The van der Waals surface area contributed by atoms with E-state index < -0.39 is 0 Å². The molecule has 2 aromatic carbocycles. The third kappa shape index (κ3) is 3.79. The van der Waals surface area contributed by atoms with Gasteiger partial charge in [-0.2, -0.15) is 0 Å². The van der Waals surface area contributed by atoms with Gasteiger partial charge >= 0.3 is 0 Å². The van der Waals surface area contributed by atoms with Gasteiger partial charge in [-0.25, -0.2) is 4.98 Å². The van der Waals surface area contributed by atoms with Crippen molar-refractivity contribution in [2.75, 3.05) is 7.11 Å². The molecule has 0 aliphatic carbocycles. The minimum absolute atomic E-state index is 0.566. The van der Waals surface area contributed by atoms with Gasteiger partial charge in [0.2, 0.25) is 0 Å². The van der Waals surface area contributed by atoms with Crippen molar-refractivity contribution in [3.63, 3.8) is 0 Å². The average Bonchev–Trinajstić information content (AvgIpc) is 3.02. The monoisotopic (exact) mass is 307 g/mol. The summed E-state index contributed by atoms with van der Waals surface area (Å²) < 4.78 is 7.38. The fourth-order valence-corrected chi connectivity index (χ4v) is 2.63. The van der Waals surface area contributed by atoms with E-state index in [1.165, 1.54) is 11.1 Å². The lowest BCUT2D eigenvalue weighted by atomic mass is 10.1. The number of hydrogen-bond acceptors (Lipinski definition) is 3. The zero-order chi connectivity index (χ0) is 16.1. The minimum atomic E-state index is 0.566. The van der Waals surface area contributed by atoms with Crippen LogP contribution in [0.25, 0.3) is 0 Å². The van der Waals surface area contributed by atoms with E-state index in [9.17, 15) is 0 Å². The molecule has 0 bridgehead atoms. The first-order valence-corrected chi connectivity index (χ1v) is 7.69. The van der Waals surface area contributed by atoms with E-state index >= 15 is 0 Å². The van der Waals surface area contributed by atoms with Crippen LogP contribution in [0.3, 0.4) is 0 Å². The molecule has 3 aromatic rings. The first-order chi connectivity index (χ1) is 11.3. The normalized spacial score (nSPS) is 10.7. The van der Waals surface area contributed by atoms with Gasteiger partial charge in [0.25, 0.3) is 0 Å². The predicted molar refractivity (Wildman–Crippen MR) is 91.5 cm³/mol. The molecule has 0 fully saturated rings. The highest BCUT2D eigenvalue weighted by atomic mass is 16.5. The molecule has 0 radical (unpaired) electrons. The smallest absolute Gasteiger partial charge is 0.118 e. The van der Waals surface area contributed by atoms with Gasteiger partial charge in [-0.1, -0.05) is 36.4 Å². The predicted octanol–water partition coefficient (Wildman–Crippen LogP) is 2.99. The molecule has 118 valence electrons. The van der Waals surface area contributed by atoms with Gasteiger partial charge in [0.15, 0.2) is 0 Å². The summed E-state index contributed by atoms with van der Waals surface area (Å²) in [6.45, 7) is 1.37. The third-order valence-corrected chi connectivity index (χ3v) is 3.90. The van der Waals surface area contributed by atoms with Crippen molar-refractivity contribution in [2.24, 2.45) is 5.73 Å². The van der Waals surface area contributed by atoms with E-state index in [2.05, 4.69) is 45.9 Å². The second kappa shape index (κ2) is 7.11. The highest BCUT2D eigenvalue weighted by Crippen LogP contribution is 2.15. The first-order valence-electron chi connectivity index (χ1n) is 7.69. The van der Waals surface area contributed by atoms with Crippen molar-refractivity contribution in [2.45, 2.75) is 19.5 Å². The summed E-state index contributed by atoms with van der Waals surface area (Å²) in [5.41, 5.74) is 9.33. The Morgan fingerprint density at radius 2 is 1.83 bits per heavy atom. The first kappa shape index (κ1) is 15.3. The van der Waals surface area contributed by atoms with Crippen LogP contribution in [-0.4, -0.2) is 16.7 Å². The number of nitrogens with zero attached hydrogens (tertiary/aromatic N) is 2. The zero-order valence-corrected chi connectivity index (χ0v) is 13.3. The molecule has 0 spiro atoms. The minimum Gasteiger partial charge on any atom is -0.497 e. The van der Waals surface area contributed by atoms with E-state index in [0.717, 1.165) is 30.1 Å². The van der Waals surface area contributed by atoms with Crippen LogP contribution < -0.4 is 10.5 Å². The molecular formula is C19H21N3O. The summed E-state index contributed by atoms with van der Waals surface area (Å²) in [6, 6.07) is 16.5. The fraction of sp³-hybridized carbons (Fsp3) is 0.211. The Morgan fingerprint density at radius 1 is 1.04 bits per heavy atom. The number of ether oxygens (including phenoxy) is 1. The van der Waals surface area contributed by atoms with E-state index in [0.29, 0.717) is 6.54 Å². The summed E-state index contributed by atoms with van der Waals surface area (Å²) in [4.78, 5) is 4.50. The van der Waals surface area contributed by atoms with Crippen molar-refractivity contribution in [3.05, 3.63) is 83.4 Å². The number of rotatable bonds is 6. The molecule has 0 aliphatic rings. The van der Waals surface area contributed by atoms with Crippen LogP contribution in [-0.2, 0) is 19.5 Å². The zero-order valence-electron chi connectivity index (χ0n) is 13.3. The van der Waals surface area contributed by atoms with Gasteiger partial charge in [0.1, 0.15) is 11.6 Å². The summed E-state index contributed by atoms with van der Waals surface area (Å²) in [5.74, 6) is 1.92. The Kier molecular flexibility index (Phi) is 4.74. The number of aromatic nitrogens is 2. The lowest BCUT2D eigenvalue weighted by Crippen LogP contribution is -2.06. The molecule has 3 rings (SSSR count). The molecule has 23 heavy (non-hydrogen) atoms. The molecule has 0 aliphatic heterocycles. The summed E-state index contributed by atoms with van der Waals surface area (Å²) in [6.07, 6.45) is 4.67. The van der Waals surface area contributed by atoms with Gasteiger partial charge in [0, 0.05) is 31.9 Å². The van der Waals surface area contributed by atoms with E-state index in [4.69, 9.17) is 10.5 Å². The van der Waals surface area contributed by atoms with Crippen LogP contribution in [0.2, 0.25) is 0 Å². The second-order valence-corrected chi connectivity index (χ2v) is 5.52. The second-order valence-electron chi connectivity index (χ2n) is 5.52. The van der Waals surface area contributed by atoms with Crippen molar-refractivity contribution < 1.29 is 4.74 Å². The lowest BCUT2D eigenvalue weighted by molar-refractivity contribution is 0.414. The summed E-state index contributed by atoms with van der Waals surface area (Å²) >= 11 is 0. The summed E-state index contributed by atoms with van der Waals surface area (Å²) in [7, 11) is 1.68. The average molecular weight is 307 g/mol. The summed E-state index contributed by atoms with van der Waals surface area (Å²) in [5, 5.41) is 0. The number of nitrogens with two attached hydrogens (primary N) is 1. The molecule has 0 saturated carbocycles. The van der Waals surface area contributed by atoms with Gasteiger partial charge in [-0.3, -0.25) is 0 Å². The largest absolute Gasteiger partial charge is 0.497 e. The Bertz CT molecular complexity index is 762. The third-order valence-electron chi connectivity index (χ3n) is 3.90. The van der Waals surface area contributed by atoms with Crippen LogP contribution >= 0.6 is 0 Å². The van der Waals surface area contributed by atoms with Gasteiger partial charge in [-0.15, -0.1) is 0 Å². The Labute approximate surface area is 136 Å². The molecule has 0 amide bonds. The Balaban J connectivity index is 1.75. The van der Waals surface area contributed by atoms with Gasteiger partial charge in [-0.05, 0) is 28.8 Å². The molecule has 1 heterocycles. The molecule has 0 atom stereocenters. The van der Waals surface area contributed by atoms with Crippen LogP contribution in [0.4, 0.5) is 0 Å². The van der Waals surface area contributed by atoms with Crippen LogP contribution in [0, 0.1) is 0 Å². The Morgan fingerprint density at radius 3 is 2.57 bits per heavy atom. The standard InChI is InChI=1S/C19H21N3O/c1-23-18-7-5-15(6-8-18)12-19-21-9-10-22(19)14-17-4-2-3-16(11-17)13-20/h2-11H,12-14,20H2,1H3. The van der Waals surface area contributed by atoms with Crippen molar-refractivity contribution in [3.8, 4) is 5.75 Å². The van der Waals surface area contributed by atoms with Crippen LogP contribution in [0.15, 0.2) is 60.9 Å². The SMILES string of the molecule is COc1ccc(Cc2nccn2Cc2cccc(CN)c2)cc1. The molecule has 2 N–H and O–H groups in total. The molecule has 0 saturated heterocycles. The maximum Gasteiger partial charge on any atom is 0.118 e. The number of hydrogen-bond donors (Lipinski definition) is 1. The van der Waals surface area contributed by atoms with E-state index in [1.807, 2.05) is 24.5 Å². The van der Waals surface area contributed by atoms with Crippen molar-refractivity contribution in [1.29, 1.82) is 0 Å². The Hall–Kier alpha value is -2.59. The van der Waals surface area contributed by atoms with E-state index in [1.54, 1.807) is 7.11 Å². The van der Waals surface area contributed by atoms with Gasteiger partial charge < -0.3 is 15.0 Å². The van der Waals surface area contributed by atoms with Crippen LogP contribution in [0.5, 0.6) is 5.75 Å². The topological polar surface area (TPSA) is 53.1 Å². The quantitative estimate of drug-likeness (QED) is 0.761. The number of imidazole rings is 1. The number of benzene rings is 2. The fourth-order valence-electron chi connectivity index (χ4n) is 2.63. The van der Waals surface area contributed by atoms with Crippen LogP contribution in [0.1, 0.15) is 22.5 Å². The van der Waals surface area contributed by atoms with E-state index in [-0.39, 0.29) is 0 Å². The maximum absolute atomic E-state index is 5.72. The molecule has 4 nitrogen and oxygen atoms in total. The molecule has 4 heteroatoms. The maximum atomic E-state index is 5.72. The van der Waals surface area contributed by atoms with Crippen molar-refractivity contribution >= 4 is 0 Å². The highest BCUT2D eigenvalue weighted by molar-refractivity contribution is 5.29. The highest BCUT2D eigenvalue weighted by Gasteiger charge is 2.06.